The van der Waals surface area contributed by atoms with Crippen LogP contribution in [0.4, 0.5) is 0 Å². The van der Waals surface area contributed by atoms with Crippen molar-refractivity contribution in [3.8, 4) is 0 Å². The second-order valence-corrected chi connectivity index (χ2v) is 8.33. The first-order valence-electron chi connectivity index (χ1n) is 10.6. The van der Waals surface area contributed by atoms with Gasteiger partial charge in [-0.25, -0.2) is 0 Å². The molecule has 3 aliphatic heterocycles. The monoisotopic (exact) mass is 504 g/mol. The van der Waals surface area contributed by atoms with Crippen molar-refractivity contribution in [3.63, 3.8) is 0 Å². The topological polar surface area (TPSA) is 269 Å². The van der Waals surface area contributed by atoms with Gasteiger partial charge in [0.1, 0.15) is 73.2 Å². The fraction of sp³-hybridized carbons (Fsp3) is 1.00. The van der Waals surface area contributed by atoms with Crippen LogP contribution in [-0.4, -0.2) is 168 Å². The van der Waals surface area contributed by atoms with E-state index < -0.39 is 112 Å². The van der Waals surface area contributed by atoms with Gasteiger partial charge in [-0.3, -0.25) is 0 Å². The lowest BCUT2D eigenvalue weighted by molar-refractivity contribution is -0.377. The molecule has 3 heterocycles. The number of aliphatic hydroxyl groups is 11. The normalized spacial score (nSPS) is 52.5. The smallest absolute Gasteiger partial charge is 0.187 e. The number of hydrogen-bond donors (Lipinski definition) is 11. The van der Waals surface area contributed by atoms with Gasteiger partial charge < -0.3 is 79.9 Å². The van der Waals surface area contributed by atoms with Gasteiger partial charge in [0.2, 0.25) is 0 Å². The Hall–Kier alpha value is -0.640. The number of aliphatic hydroxyl groups excluding tert-OH is 11. The zero-order chi connectivity index (χ0) is 25.3. The molecule has 11 N–H and O–H groups in total. The SMILES string of the molecule is OC[C@@H]1O[C@H](O[C@@H]2[C@H](O)[C@H](O)[C@H](O[C@H]3[C@H](O)[C@H](O)[C@H](O)O[C@H]3CO)O[C@H]2CO)[C@@H](O)[C@@H](O)[C@H]1O. The van der Waals surface area contributed by atoms with Gasteiger partial charge in [0.05, 0.1) is 19.8 Å². The van der Waals surface area contributed by atoms with Crippen LogP contribution in [0.1, 0.15) is 0 Å². The summed E-state index contributed by atoms with van der Waals surface area (Å²) in [5, 5.41) is 109. The molecule has 0 radical (unpaired) electrons. The largest absolute Gasteiger partial charge is 0.394 e. The van der Waals surface area contributed by atoms with E-state index in [9.17, 15) is 56.2 Å². The minimum Gasteiger partial charge on any atom is -0.394 e. The van der Waals surface area contributed by atoms with E-state index in [4.69, 9.17) is 23.7 Å². The van der Waals surface area contributed by atoms with Crippen molar-refractivity contribution in [2.24, 2.45) is 0 Å². The van der Waals surface area contributed by atoms with E-state index in [1.54, 1.807) is 0 Å². The molecule has 0 spiro atoms. The van der Waals surface area contributed by atoms with E-state index in [0.29, 0.717) is 0 Å². The Bertz CT molecular complexity index is 635. The van der Waals surface area contributed by atoms with Crippen LogP contribution in [0.15, 0.2) is 0 Å². The van der Waals surface area contributed by atoms with Crippen LogP contribution in [0.3, 0.4) is 0 Å². The lowest BCUT2D eigenvalue weighted by atomic mass is 9.96. The molecule has 0 bridgehead atoms. The van der Waals surface area contributed by atoms with Gasteiger partial charge in [-0.05, 0) is 0 Å². The standard InChI is InChI=1S/C18H32O16/c19-1-4-7(22)8(23)12(27)17(31-4)34-15-6(3-21)32-18(13(28)10(15)25)33-14-5(2-20)30-16(29)11(26)9(14)24/h4-29H,1-3H2/t4-,5-,6-,7-,8-,9+,10+,11-,12-,13-,14+,15-,16+,17+,18-/m0/s1. The first-order chi connectivity index (χ1) is 16.0. The second-order valence-electron chi connectivity index (χ2n) is 8.33. The van der Waals surface area contributed by atoms with Crippen LogP contribution in [0, 0.1) is 0 Å². The Kier molecular flexibility index (Phi) is 9.54. The molecule has 0 saturated carbocycles. The molecular formula is C18H32O16. The predicted molar refractivity (Wildman–Crippen MR) is 101 cm³/mol. The van der Waals surface area contributed by atoms with Gasteiger partial charge in [0.15, 0.2) is 18.9 Å². The summed E-state index contributed by atoms with van der Waals surface area (Å²) < 4.78 is 26.4. The first kappa shape index (κ1) is 27.9. The summed E-state index contributed by atoms with van der Waals surface area (Å²) in [6, 6.07) is 0. The lowest BCUT2D eigenvalue weighted by Crippen LogP contribution is -2.66. The maximum atomic E-state index is 10.6. The average molecular weight is 504 g/mol. The molecule has 16 nitrogen and oxygen atoms in total. The summed E-state index contributed by atoms with van der Waals surface area (Å²) in [4.78, 5) is 0. The molecule has 0 amide bonds. The molecule has 34 heavy (non-hydrogen) atoms. The molecule has 0 aliphatic carbocycles. The highest BCUT2D eigenvalue weighted by Gasteiger charge is 2.53. The third kappa shape index (κ3) is 5.37. The highest BCUT2D eigenvalue weighted by molar-refractivity contribution is 4.96. The van der Waals surface area contributed by atoms with Crippen LogP contribution in [0.5, 0.6) is 0 Å². The quantitative estimate of drug-likeness (QED) is 0.154. The van der Waals surface area contributed by atoms with E-state index in [1.807, 2.05) is 0 Å². The van der Waals surface area contributed by atoms with Gasteiger partial charge in [0.25, 0.3) is 0 Å². The van der Waals surface area contributed by atoms with Crippen LogP contribution in [-0.2, 0) is 23.7 Å². The molecule has 3 fully saturated rings. The van der Waals surface area contributed by atoms with Crippen LogP contribution in [0.2, 0.25) is 0 Å². The maximum Gasteiger partial charge on any atom is 0.187 e. The molecule has 3 rings (SSSR count). The van der Waals surface area contributed by atoms with Crippen molar-refractivity contribution >= 4 is 0 Å². The Morgan fingerprint density at radius 2 is 0.853 bits per heavy atom. The average Bonchev–Trinajstić information content (AvgIpc) is 2.83. The molecule has 0 aromatic carbocycles. The predicted octanol–water partition coefficient (Wildman–Crippen LogP) is -7.57. The van der Waals surface area contributed by atoms with Crippen molar-refractivity contribution in [1.82, 2.24) is 0 Å². The minimum absolute atomic E-state index is 0.741. The summed E-state index contributed by atoms with van der Waals surface area (Å²) in [6.07, 6.45) is -25.1. The van der Waals surface area contributed by atoms with E-state index in [2.05, 4.69) is 0 Å². The molecule has 0 aromatic rings. The van der Waals surface area contributed by atoms with Gasteiger partial charge >= 0.3 is 0 Å². The van der Waals surface area contributed by atoms with Gasteiger partial charge in [-0.2, -0.15) is 0 Å². The minimum atomic E-state index is -1.91. The summed E-state index contributed by atoms with van der Waals surface area (Å²) in [6.45, 7) is -2.32. The molecule has 200 valence electrons. The van der Waals surface area contributed by atoms with Gasteiger partial charge in [0, 0.05) is 0 Å². The molecule has 3 aliphatic rings. The highest BCUT2D eigenvalue weighted by atomic mass is 16.8. The molecule has 16 heteroatoms. The zero-order valence-electron chi connectivity index (χ0n) is 17.7. The van der Waals surface area contributed by atoms with Crippen molar-refractivity contribution in [3.05, 3.63) is 0 Å². The van der Waals surface area contributed by atoms with E-state index >= 15 is 0 Å². The van der Waals surface area contributed by atoms with Crippen LogP contribution >= 0.6 is 0 Å². The fourth-order valence-corrected chi connectivity index (χ4v) is 4.06. The molecular weight excluding hydrogens is 472 g/mol. The summed E-state index contributed by atoms with van der Waals surface area (Å²) in [5.41, 5.74) is 0. The zero-order valence-corrected chi connectivity index (χ0v) is 17.7. The van der Waals surface area contributed by atoms with Crippen LogP contribution in [0.25, 0.3) is 0 Å². The number of hydrogen-bond acceptors (Lipinski definition) is 16. The Morgan fingerprint density at radius 3 is 1.35 bits per heavy atom. The summed E-state index contributed by atoms with van der Waals surface area (Å²) in [5.74, 6) is 0. The first-order valence-corrected chi connectivity index (χ1v) is 10.6. The fourth-order valence-electron chi connectivity index (χ4n) is 4.06. The Balaban J connectivity index is 1.72. The van der Waals surface area contributed by atoms with E-state index in [1.165, 1.54) is 0 Å². The van der Waals surface area contributed by atoms with E-state index in [0.717, 1.165) is 0 Å². The lowest BCUT2D eigenvalue weighted by Gasteiger charge is -2.47. The summed E-state index contributed by atoms with van der Waals surface area (Å²) >= 11 is 0. The number of rotatable bonds is 7. The van der Waals surface area contributed by atoms with Crippen molar-refractivity contribution in [1.29, 1.82) is 0 Å². The van der Waals surface area contributed by atoms with E-state index in [-0.39, 0.29) is 0 Å². The second kappa shape index (κ2) is 11.6. The van der Waals surface area contributed by atoms with Crippen molar-refractivity contribution < 1.29 is 79.9 Å². The third-order valence-corrected chi connectivity index (χ3v) is 6.09. The van der Waals surface area contributed by atoms with Crippen LogP contribution < -0.4 is 0 Å². The Morgan fingerprint density at radius 1 is 0.441 bits per heavy atom. The van der Waals surface area contributed by atoms with Gasteiger partial charge in [-0.1, -0.05) is 0 Å². The number of ether oxygens (including phenoxy) is 5. The molecule has 0 aromatic heterocycles. The Labute approximate surface area is 192 Å². The molecule has 15 atom stereocenters. The molecule has 3 saturated heterocycles. The third-order valence-electron chi connectivity index (χ3n) is 6.09. The van der Waals surface area contributed by atoms with Crippen molar-refractivity contribution in [2.45, 2.75) is 92.1 Å². The highest BCUT2D eigenvalue weighted by Crippen LogP contribution is 2.32. The molecule has 0 unspecified atom stereocenters. The summed E-state index contributed by atoms with van der Waals surface area (Å²) in [7, 11) is 0. The van der Waals surface area contributed by atoms with Gasteiger partial charge in [-0.15, -0.1) is 0 Å². The van der Waals surface area contributed by atoms with Crippen molar-refractivity contribution in [2.75, 3.05) is 19.8 Å². The maximum absolute atomic E-state index is 10.6.